The van der Waals surface area contributed by atoms with Gasteiger partial charge in [0, 0.05) is 36.6 Å². The van der Waals surface area contributed by atoms with Crippen LogP contribution in [-0.4, -0.2) is 36.2 Å². The molecule has 0 spiro atoms. The standard InChI is InChI=1S/C15H18FN3OS/c16-11-4-3-10(15(20)13(11)17)14(12-2-1-9-21-12)19-7-5-18-6-8-19/h1-4,9,14,18,20H,5-8,17H2/t14-/m1/s1. The summed E-state index contributed by atoms with van der Waals surface area (Å²) in [6.07, 6.45) is 0. The molecule has 0 saturated carbocycles. The Hall–Kier alpha value is -1.63. The van der Waals surface area contributed by atoms with E-state index in [-0.39, 0.29) is 17.5 Å². The average molecular weight is 307 g/mol. The fourth-order valence-corrected chi connectivity index (χ4v) is 3.61. The number of nitrogens with one attached hydrogen (secondary N) is 1. The van der Waals surface area contributed by atoms with Crippen molar-refractivity contribution in [3.63, 3.8) is 0 Å². The van der Waals surface area contributed by atoms with Crippen molar-refractivity contribution in [2.45, 2.75) is 6.04 Å². The first-order valence-electron chi connectivity index (χ1n) is 6.93. The van der Waals surface area contributed by atoms with Gasteiger partial charge in [0.25, 0.3) is 0 Å². The van der Waals surface area contributed by atoms with Gasteiger partial charge in [-0.25, -0.2) is 4.39 Å². The molecule has 1 aromatic carbocycles. The topological polar surface area (TPSA) is 61.5 Å². The third-order valence-electron chi connectivity index (χ3n) is 3.82. The molecule has 0 amide bonds. The summed E-state index contributed by atoms with van der Waals surface area (Å²) in [6, 6.07) is 6.89. The molecule has 2 heterocycles. The Balaban J connectivity index is 2.05. The maximum atomic E-state index is 13.5. The summed E-state index contributed by atoms with van der Waals surface area (Å²) in [7, 11) is 0. The molecular weight excluding hydrogens is 289 g/mol. The number of nitrogen functional groups attached to an aromatic ring is 1. The lowest BCUT2D eigenvalue weighted by atomic mass is 10.0. The fraction of sp³-hybridized carbons (Fsp3) is 0.333. The highest BCUT2D eigenvalue weighted by Gasteiger charge is 2.28. The van der Waals surface area contributed by atoms with E-state index in [1.54, 1.807) is 17.4 Å². The van der Waals surface area contributed by atoms with Gasteiger partial charge in [-0.15, -0.1) is 11.3 Å². The Morgan fingerprint density at radius 1 is 1.29 bits per heavy atom. The first-order valence-corrected chi connectivity index (χ1v) is 7.81. The van der Waals surface area contributed by atoms with Crippen molar-refractivity contribution >= 4 is 17.0 Å². The Morgan fingerprint density at radius 3 is 2.71 bits per heavy atom. The smallest absolute Gasteiger partial charge is 0.149 e. The van der Waals surface area contributed by atoms with Gasteiger partial charge in [0.15, 0.2) is 0 Å². The highest BCUT2D eigenvalue weighted by atomic mass is 32.1. The lowest BCUT2D eigenvalue weighted by molar-refractivity contribution is 0.198. The number of rotatable bonds is 3. The third-order valence-corrected chi connectivity index (χ3v) is 4.74. The Bertz CT molecular complexity index is 612. The number of thiophene rings is 1. The second-order valence-electron chi connectivity index (χ2n) is 5.10. The average Bonchev–Trinajstić information content (AvgIpc) is 3.03. The van der Waals surface area contributed by atoms with E-state index in [4.69, 9.17) is 5.73 Å². The maximum Gasteiger partial charge on any atom is 0.149 e. The summed E-state index contributed by atoms with van der Waals surface area (Å²) in [4.78, 5) is 3.41. The molecule has 6 heteroatoms. The van der Waals surface area contributed by atoms with Crippen molar-refractivity contribution in [1.29, 1.82) is 0 Å². The number of hydrogen-bond donors (Lipinski definition) is 3. The van der Waals surface area contributed by atoms with Crippen LogP contribution in [0, 0.1) is 5.82 Å². The van der Waals surface area contributed by atoms with Crippen LogP contribution in [0.3, 0.4) is 0 Å². The van der Waals surface area contributed by atoms with E-state index in [0.717, 1.165) is 31.1 Å². The lowest BCUT2D eigenvalue weighted by Crippen LogP contribution is -2.45. The quantitative estimate of drug-likeness (QED) is 0.601. The minimum atomic E-state index is -0.582. The van der Waals surface area contributed by atoms with Crippen LogP contribution in [0.2, 0.25) is 0 Å². The molecule has 3 rings (SSSR count). The van der Waals surface area contributed by atoms with Crippen LogP contribution in [0.5, 0.6) is 5.75 Å². The largest absolute Gasteiger partial charge is 0.505 e. The van der Waals surface area contributed by atoms with Crippen molar-refractivity contribution in [2.75, 3.05) is 31.9 Å². The number of benzene rings is 1. The Morgan fingerprint density at radius 2 is 2.05 bits per heavy atom. The van der Waals surface area contributed by atoms with E-state index in [9.17, 15) is 9.50 Å². The van der Waals surface area contributed by atoms with Gasteiger partial charge in [0.05, 0.1) is 6.04 Å². The molecule has 1 aliphatic heterocycles. The summed E-state index contributed by atoms with van der Waals surface area (Å²) in [5.41, 5.74) is 6.14. The number of anilines is 1. The molecule has 1 atom stereocenters. The van der Waals surface area contributed by atoms with Crippen LogP contribution in [-0.2, 0) is 0 Å². The number of phenols is 1. The number of piperazine rings is 1. The molecule has 0 radical (unpaired) electrons. The summed E-state index contributed by atoms with van der Waals surface area (Å²) < 4.78 is 13.5. The van der Waals surface area contributed by atoms with Gasteiger partial charge >= 0.3 is 0 Å². The highest BCUT2D eigenvalue weighted by molar-refractivity contribution is 7.10. The molecular formula is C15H18FN3OS. The van der Waals surface area contributed by atoms with Gasteiger partial charge in [0.2, 0.25) is 0 Å². The van der Waals surface area contributed by atoms with Crippen LogP contribution in [0.15, 0.2) is 29.6 Å². The van der Waals surface area contributed by atoms with Gasteiger partial charge < -0.3 is 16.2 Å². The summed E-state index contributed by atoms with van der Waals surface area (Å²) in [5.74, 6) is -0.728. The molecule has 1 saturated heterocycles. The van der Waals surface area contributed by atoms with E-state index < -0.39 is 5.82 Å². The number of nitrogens with zero attached hydrogens (tertiary/aromatic N) is 1. The minimum absolute atomic E-state index is 0.0880. The van der Waals surface area contributed by atoms with Crippen LogP contribution < -0.4 is 11.1 Å². The van der Waals surface area contributed by atoms with Crippen molar-refractivity contribution in [3.8, 4) is 5.75 Å². The lowest BCUT2D eigenvalue weighted by Gasteiger charge is -2.35. The highest BCUT2D eigenvalue weighted by Crippen LogP contribution is 2.39. The van der Waals surface area contributed by atoms with Crippen molar-refractivity contribution < 1.29 is 9.50 Å². The van der Waals surface area contributed by atoms with Crippen molar-refractivity contribution in [2.24, 2.45) is 0 Å². The minimum Gasteiger partial charge on any atom is -0.505 e. The van der Waals surface area contributed by atoms with Crippen LogP contribution in [0.25, 0.3) is 0 Å². The van der Waals surface area contributed by atoms with Crippen molar-refractivity contribution in [1.82, 2.24) is 10.2 Å². The van der Waals surface area contributed by atoms with E-state index in [0.29, 0.717) is 5.56 Å². The Kier molecular flexibility index (Phi) is 4.10. The molecule has 4 N–H and O–H groups in total. The van der Waals surface area contributed by atoms with Crippen LogP contribution in [0.1, 0.15) is 16.5 Å². The van der Waals surface area contributed by atoms with Gasteiger partial charge in [-0.3, -0.25) is 4.90 Å². The molecule has 1 fully saturated rings. The fourth-order valence-electron chi connectivity index (χ4n) is 2.74. The number of hydrogen-bond acceptors (Lipinski definition) is 5. The normalized spacial score (nSPS) is 17.8. The molecule has 4 nitrogen and oxygen atoms in total. The summed E-state index contributed by atoms with van der Waals surface area (Å²) in [6.45, 7) is 3.55. The first kappa shape index (κ1) is 14.3. The number of nitrogens with two attached hydrogens (primary N) is 1. The Labute approximate surface area is 127 Å². The third kappa shape index (κ3) is 2.74. The van der Waals surface area contributed by atoms with Gasteiger partial charge in [-0.05, 0) is 17.5 Å². The zero-order chi connectivity index (χ0) is 14.8. The van der Waals surface area contributed by atoms with Gasteiger partial charge in [-0.1, -0.05) is 12.1 Å². The van der Waals surface area contributed by atoms with E-state index in [2.05, 4.69) is 10.2 Å². The molecule has 21 heavy (non-hydrogen) atoms. The molecule has 0 unspecified atom stereocenters. The number of phenolic OH excluding ortho intramolecular Hbond substituents is 1. The van der Waals surface area contributed by atoms with E-state index in [1.807, 2.05) is 17.5 Å². The summed E-state index contributed by atoms with van der Waals surface area (Å²) >= 11 is 1.63. The maximum absolute atomic E-state index is 13.5. The predicted octanol–water partition coefficient (Wildman–Crippen LogP) is 2.17. The second kappa shape index (κ2) is 6.01. The number of halogens is 1. The first-order chi connectivity index (χ1) is 10.2. The SMILES string of the molecule is Nc1c(F)ccc([C@H](c2cccs2)N2CCNCC2)c1O. The molecule has 112 valence electrons. The molecule has 0 aliphatic carbocycles. The molecule has 1 aliphatic rings. The molecule has 2 aromatic rings. The zero-order valence-electron chi connectivity index (χ0n) is 11.6. The van der Waals surface area contributed by atoms with Crippen LogP contribution >= 0.6 is 11.3 Å². The van der Waals surface area contributed by atoms with Gasteiger partial charge in [0.1, 0.15) is 17.3 Å². The van der Waals surface area contributed by atoms with Crippen LogP contribution in [0.4, 0.5) is 10.1 Å². The molecule has 1 aromatic heterocycles. The van der Waals surface area contributed by atoms with E-state index in [1.165, 1.54) is 6.07 Å². The molecule has 0 bridgehead atoms. The number of aromatic hydroxyl groups is 1. The second-order valence-corrected chi connectivity index (χ2v) is 6.08. The predicted molar refractivity (Wildman–Crippen MR) is 83.1 cm³/mol. The van der Waals surface area contributed by atoms with Gasteiger partial charge in [-0.2, -0.15) is 0 Å². The van der Waals surface area contributed by atoms with Crippen molar-refractivity contribution in [3.05, 3.63) is 45.9 Å². The monoisotopic (exact) mass is 307 g/mol. The van der Waals surface area contributed by atoms with E-state index >= 15 is 0 Å². The summed E-state index contributed by atoms with van der Waals surface area (Å²) in [5, 5.41) is 15.6. The zero-order valence-corrected chi connectivity index (χ0v) is 12.4.